The molecule has 128 valence electrons. The number of halogens is 1. The first-order chi connectivity index (χ1) is 11.1. The lowest BCUT2D eigenvalue weighted by Crippen LogP contribution is -2.46. The fourth-order valence-corrected chi connectivity index (χ4v) is 2.87. The van der Waals surface area contributed by atoms with Crippen molar-refractivity contribution in [2.45, 2.75) is 38.8 Å². The summed E-state index contributed by atoms with van der Waals surface area (Å²) in [5.74, 6) is -0.0988. The van der Waals surface area contributed by atoms with Crippen molar-refractivity contribution >= 4 is 5.91 Å². The van der Waals surface area contributed by atoms with Crippen LogP contribution in [0, 0.1) is 5.82 Å². The van der Waals surface area contributed by atoms with E-state index in [-0.39, 0.29) is 17.8 Å². The van der Waals surface area contributed by atoms with Crippen LogP contribution < -0.4 is 0 Å². The molecule has 1 aliphatic rings. The molecule has 0 radical (unpaired) electrons. The van der Waals surface area contributed by atoms with Crippen molar-refractivity contribution in [3.8, 4) is 0 Å². The fraction of sp³-hybridized carbons (Fsp3) is 0.611. The van der Waals surface area contributed by atoms with Crippen LogP contribution in [0.15, 0.2) is 24.3 Å². The summed E-state index contributed by atoms with van der Waals surface area (Å²) in [6.45, 7) is 5.37. The number of amides is 1. The molecule has 0 unspecified atom stereocenters. The predicted molar refractivity (Wildman–Crippen MR) is 88.6 cm³/mol. The zero-order valence-electron chi connectivity index (χ0n) is 14.1. The topological polar surface area (TPSA) is 32.8 Å². The van der Waals surface area contributed by atoms with Crippen LogP contribution in [0.1, 0.15) is 31.7 Å². The normalized spacial score (nSPS) is 18.4. The van der Waals surface area contributed by atoms with E-state index in [0.29, 0.717) is 19.6 Å². The Hall–Kier alpha value is -1.46. The van der Waals surface area contributed by atoms with Crippen molar-refractivity contribution in [3.63, 3.8) is 0 Å². The number of piperidine rings is 1. The second-order valence-electron chi connectivity index (χ2n) is 6.27. The van der Waals surface area contributed by atoms with Crippen molar-refractivity contribution in [2.24, 2.45) is 0 Å². The first-order valence-electron chi connectivity index (χ1n) is 8.41. The number of rotatable bonds is 7. The third-order valence-electron chi connectivity index (χ3n) is 4.06. The average Bonchev–Trinajstić information content (AvgIpc) is 2.55. The largest absolute Gasteiger partial charge is 0.376 e. The Balaban J connectivity index is 1.79. The first-order valence-corrected chi connectivity index (χ1v) is 8.41. The Labute approximate surface area is 138 Å². The van der Waals surface area contributed by atoms with Crippen LogP contribution in [0.25, 0.3) is 0 Å². The van der Waals surface area contributed by atoms with Gasteiger partial charge in [0.25, 0.3) is 0 Å². The third-order valence-corrected chi connectivity index (χ3v) is 4.06. The van der Waals surface area contributed by atoms with Crippen molar-refractivity contribution in [1.29, 1.82) is 0 Å². The minimum Gasteiger partial charge on any atom is -0.376 e. The highest BCUT2D eigenvalue weighted by Crippen LogP contribution is 2.14. The first kappa shape index (κ1) is 17.9. The van der Waals surface area contributed by atoms with Crippen LogP contribution in [0.5, 0.6) is 0 Å². The summed E-state index contributed by atoms with van der Waals surface area (Å²) in [7, 11) is 1.91. The van der Waals surface area contributed by atoms with E-state index in [4.69, 9.17) is 4.74 Å². The number of likely N-dealkylation sites (N-methyl/N-ethyl adjacent to an activating group) is 1. The molecule has 1 amide bonds. The lowest BCUT2D eigenvalue weighted by Gasteiger charge is -2.33. The standard InChI is InChI=1S/C18H27FN2O2/c1-3-11-23-17-5-4-10-21(13-17)18(22)14-20(2)12-15-6-8-16(19)9-7-15/h6-9,17H,3-5,10-14H2,1-2H3/t17-/m0/s1. The minimum atomic E-state index is -0.237. The molecule has 23 heavy (non-hydrogen) atoms. The molecule has 1 atom stereocenters. The van der Waals surface area contributed by atoms with Gasteiger partial charge in [-0.15, -0.1) is 0 Å². The molecule has 2 rings (SSSR count). The Morgan fingerprint density at radius 1 is 1.39 bits per heavy atom. The molecule has 0 aromatic heterocycles. The van der Waals surface area contributed by atoms with Crippen LogP contribution in [0.4, 0.5) is 4.39 Å². The monoisotopic (exact) mass is 322 g/mol. The molecule has 1 aromatic carbocycles. The third kappa shape index (κ3) is 5.92. The molecule has 0 bridgehead atoms. The molecule has 0 spiro atoms. The van der Waals surface area contributed by atoms with Gasteiger partial charge in [0.05, 0.1) is 12.6 Å². The average molecular weight is 322 g/mol. The summed E-state index contributed by atoms with van der Waals surface area (Å²) < 4.78 is 18.7. The lowest BCUT2D eigenvalue weighted by atomic mass is 10.1. The van der Waals surface area contributed by atoms with E-state index in [2.05, 4.69) is 6.92 Å². The van der Waals surface area contributed by atoms with Gasteiger partial charge in [-0.25, -0.2) is 4.39 Å². The van der Waals surface area contributed by atoms with Crippen molar-refractivity contribution in [3.05, 3.63) is 35.6 Å². The van der Waals surface area contributed by atoms with E-state index in [1.165, 1.54) is 12.1 Å². The summed E-state index contributed by atoms with van der Waals surface area (Å²) in [6, 6.07) is 6.41. The quantitative estimate of drug-likeness (QED) is 0.774. The summed E-state index contributed by atoms with van der Waals surface area (Å²) in [5.41, 5.74) is 1.00. The molecule has 0 saturated carbocycles. The van der Waals surface area contributed by atoms with E-state index >= 15 is 0 Å². The number of nitrogens with zero attached hydrogens (tertiary/aromatic N) is 2. The molecule has 1 heterocycles. The summed E-state index contributed by atoms with van der Waals surface area (Å²) in [6.07, 6.45) is 3.22. The van der Waals surface area contributed by atoms with Gasteiger partial charge in [-0.3, -0.25) is 9.69 Å². The second-order valence-corrected chi connectivity index (χ2v) is 6.27. The SMILES string of the molecule is CCCO[C@H]1CCCN(C(=O)CN(C)Cc2ccc(F)cc2)C1. The molecule has 1 saturated heterocycles. The Morgan fingerprint density at radius 2 is 2.13 bits per heavy atom. The smallest absolute Gasteiger partial charge is 0.236 e. The van der Waals surface area contributed by atoms with Gasteiger partial charge in [-0.05, 0) is 44.0 Å². The van der Waals surface area contributed by atoms with E-state index in [1.54, 1.807) is 12.1 Å². The Bertz CT molecular complexity index is 492. The summed E-state index contributed by atoms with van der Waals surface area (Å²) in [5, 5.41) is 0. The Kier molecular flexibility index (Phi) is 6.99. The number of carbonyl (C=O) groups is 1. The highest BCUT2D eigenvalue weighted by molar-refractivity contribution is 5.78. The number of hydrogen-bond acceptors (Lipinski definition) is 3. The van der Waals surface area contributed by atoms with Crippen molar-refractivity contribution in [1.82, 2.24) is 9.80 Å². The number of likely N-dealkylation sites (tertiary alicyclic amines) is 1. The second kappa shape index (κ2) is 8.99. The molecule has 4 nitrogen and oxygen atoms in total. The molecule has 0 aliphatic carbocycles. The molecular formula is C18H27FN2O2. The highest BCUT2D eigenvalue weighted by Gasteiger charge is 2.24. The maximum atomic E-state index is 12.9. The van der Waals surface area contributed by atoms with E-state index in [9.17, 15) is 9.18 Å². The van der Waals surface area contributed by atoms with Crippen molar-refractivity contribution in [2.75, 3.05) is 33.3 Å². The van der Waals surface area contributed by atoms with E-state index < -0.39 is 0 Å². The number of hydrogen-bond donors (Lipinski definition) is 0. The van der Waals surface area contributed by atoms with E-state index in [1.807, 2.05) is 16.8 Å². The molecular weight excluding hydrogens is 295 g/mol. The van der Waals surface area contributed by atoms with Gasteiger partial charge >= 0.3 is 0 Å². The van der Waals surface area contributed by atoms with Gasteiger partial charge in [0, 0.05) is 26.2 Å². The molecule has 0 N–H and O–H groups in total. The number of ether oxygens (including phenoxy) is 1. The highest BCUT2D eigenvalue weighted by atomic mass is 19.1. The maximum absolute atomic E-state index is 12.9. The van der Waals surface area contributed by atoms with Gasteiger partial charge in [-0.2, -0.15) is 0 Å². The summed E-state index contributed by atoms with van der Waals surface area (Å²) in [4.78, 5) is 16.3. The van der Waals surface area contributed by atoms with Crippen molar-refractivity contribution < 1.29 is 13.9 Å². The summed E-state index contributed by atoms with van der Waals surface area (Å²) >= 11 is 0. The molecule has 5 heteroatoms. The fourth-order valence-electron chi connectivity index (χ4n) is 2.87. The zero-order chi connectivity index (χ0) is 16.7. The predicted octanol–water partition coefficient (Wildman–Crippen LogP) is 2.68. The van der Waals surface area contributed by atoms with E-state index in [0.717, 1.165) is 38.0 Å². The lowest BCUT2D eigenvalue weighted by molar-refractivity contribution is -0.136. The van der Waals surface area contributed by atoms with Gasteiger partial charge in [-0.1, -0.05) is 19.1 Å². The number of carbonyl (C=O) groups excluding carboxylic acids is 1. The molecule has 1 fully saturated rings. The van der Waals surface area contributed by atoms with Gasteiger partial charge in [0.1, 0.15) is 5.82 Å². The van der Waals surface area contributed by atoms with Gasteiger partial charge in [0.15, 0.2) is 0 Å². The Morgan fingerprint density at radius 3 is 2.83 bits per heavy atom. The van der Waals surface area contributed by atoms with Crippen LogP contribution in [-0.2, 0) is 16.1 Å². The van der Waals surface area contributed by atoms with Crippen LogP contribution in [-0.4, -0.2) is 55.1 Å². The molecule has 1 aliphatic heterocycles. The maximum Gasteiger partial charge on any atom is 0.236 e. The minimum absolute atomic E-state index is 0.138. The van der Waals surface area contributed by atoms with Crippen LogP contribution in [0.3, 0.4) is 0 Å². The molecule has 1 aromatic rings. The van der Waals surface area contributed by atoms with Gasteiger partial charge in [0.2, 0.25) is 5.91 Å². The van der Waals surface area contributed by atoms with Crippen LogP contribution in [0.2, 0.25) is 0 Å². The zero-order valence-corrected chi connectivity index (χ0v) is 14.1. The van der Waals surface area contributed by atoms with Crippen LogP contribution >= 0.6 is 0 Å². The number of benzene rings is 1. The van der Waals surface area contributed by atoms with Gasteiger partial charge < -0.3 is 9.64 Å².